The average Bonchev–Trinajstić information content (AvgIpc) is 3.13. The molecule has 0 bridgehead atoms. The van der Waals surface area contributed by atoms with Crippen LogP contribution in [0.15, 0.2) is 48.5 Å². The lowest BCUT2D eigenvalue weighted by Crippen LogP contribution is -2.41. The number of morpholine rings is 1. The van der Waals surface area contributed by atoms with Crippen LogP contribution >= 0.6 is 0 Å². The number of nitrogens with zero attached hydrogens (tertiary/aromatic N) is 1. The summed E-state index contributed by atoms with van der Waals surface area (Å²) in [7, 11) is 0. The molecule has 4 rings (SSSR count). The Morgan fingerprint density at radius 2 is 1.82 bits per heavy atom. The van der Waals surface area contributed by atoms with E-state index in [2.05, 4.69) is 10.3 Å². The number of anilines is 1. The predicted molar refractivity (Wildman–Crippen MR) is 104 cm³/mol. The lowest BCUT2D eigenvalue weighted by Gasteiger charge is -2.26. The molecule has 2 N–H and O–H groups in total. The van der Waals surface area contributed by atoms with Crippen LogP contribution in [0.5, 0.6) is 0 Å². The molecule has 1 saturated heterocycles. The van der Waals surface area contributed by atoms with Gasteiger partial charge in [0.15, 0.2) is 0 Å². The van der Waals surface area contributed by atoms with Crippen molar-refractivity contribution in [1.82, 2.24) is 9.88 Å². The Morgan fingerprint density at radius 3 is 2.57 bits per heavy atom. The number of aromatic amines is 1. The first-order valence-electron chi connectivity index (χ1n) is 9.12. The third-order valence-corrected chi connectivity index (χ3v) is 4.76. The number of aromatic nitrogens is 1. The molecule has 0 saturated carbocycles. The number of hydrogen-bond donors (Lipinski definition) is 2. The topological polar surface area (TPSA) is 74.4 Å². The van der Waals surface area contributed by atoms with Crippen LogP contribution in [-0.2, 0) is 16.0 Å². The second-order valence-electron chi connectivity index (χ2n) is 6.74. The van der Waals surface area contributed by atoms with Crippen molar-refractivity contribution in [3.8, 4) is 0 Å². The zero-order valence-electron chi connectivity index (χ0n) is 15.2. The fraction of sp³-hybridized carbons (Fsp3) is 0.238. The molecule has 7 heteroatoms. The van der Waals surface area contributed by atoms with Crippen LogP contribution in [0, 0.1) is 5.82 Å². The first-order valence-corrected chi connectivity index (χ1v) is 9.12. The standard InChI is InChI=1S/C21H20FN3O3/c22-16-3-6-18-15(12-16)13-19(24-18)21(27)23-17-4-1-14(2-5-17)11-20(26)25-7-9-28-10-8-25/h1-6,12-13,24H,7-11H2,(H,23,27). The third kappa shape index (κ3) is 4.04. The molecular weight excluding hydrogens is 361 g/mol. The van der Waals surface area contributed by atoms with E-state index >= 15 is 0 Å². The quantitative estimate of drug-likeness (QED) is 0.730. The van der Waals surface area contributed by atoms with Gasteiger partial charge >= 0.3 is 0 Å². The number of halogens is 1. The smallest absolute Gasteiger partial charge is 0.272 e. The van der Waals surface area contributed by atoms with Crippen LogP contribution in [0.25, 0.3) is 10.9 Å². The maximum Gasteiger partial charge on any atom is 0.272 e. The molecule has 28 heavy (non-hydrogen) atoms. The maximum absolute atomic E-state index is 13.3. The van der Waals surface area contributed by atoms with Crippen LogP contribution < -0.4 is 5.32 Å². The minimum absolute atomic E-state index is 0.0744. The zero-order chi connectivity index (χ0) is 19.5. The van der Waals surface area contributed by atoms with Crippen molar-refractivity contribution in [2.24, 2.45) is 0 Å². The summed E-state index contributed by atoms with van der Waals surface area (Å²) in [6, 6.07) is 13.1. The zero-order valence-corrected chi connectivity index (χ0v) is 15.2. The summed E-state index contributed by atoms with van der Waals surface area (Å²) in [6.07, 6.45) is 0.321. The van der Waals surface area contributed by atoms with Gasteiger partial charge in [-0.05, 0) is 42.0 Å². The minimum atomic E-state index is -0.347. The summed E-state index contributed by atoms with van der Waals surface area (Å²) in [5, 5.41) is 3.44. The molecule has 2 heterocycles. The Balaban J connectivity index is 1.39. The molecule has 0 atom stereocenters. The van der Waals surface area contributed by atoms with Crippen LogP contribution in [-0.4, -0.2) is 48.0 Å². The fourth-order valence-electron chi connectivity index (χ4n) is 3.23. The van der Waals surface area contributed by atoms with E-state index in [0.717, 1.165) is 5.56 Å². The Morgan fingerprint density at radius 1 is 1.07 bits per heavy atom. The number of nitrogens with one attached hydrogen (secondary N) is 2. The van der Waals surface area contributed by atoms with Gasteiger partial charge in [-0.2, -0.15) is 0 Å². The van der Waals surface area contributed by atoms with E-state index < -0.39 is 0 Å². The molecule has 0 radical (unpaired) electrons. The van der Waals surface area contributed by atoms with E-state index in [1.165, 1.54) is 12.1 Å². The van der Waals surface area contributed by atoms with Crippen molar-refractivity contribution in [3.63, 3.8) is 0 Å². The monoisotopic (exact) mass is 381 g/mol. The van der Waals surface area contributed by atoms with Gasteiger partial charge in [0.2, 0.25) is 5.91 Å². The van der Waals surface area contributed by atoms with Gasteiger partial charge in [0.05, 0.1) is 19.6 Å². The van der Waals surface area contributed by atoms with E-state index in [-0.39, 0.29) is 17.6 Å². The van der Waals surface area contributed by atoms with E-state index in [1.807, 2.05) is 12.1 Å². The van der Waals surface area contributed by atoms with Crippen molar-refractivity contribution in [3.05, 3.63) is 65.6 Å². The highest BCUT2D eigenvalue weighted by Gasteiger charge is 2.17. The highest BCUT2D eigenvalue weighted by Crippen LogP contribution is 2.18. The van der Waals surface area contributed by atoms with Gasteiger partial charge in [0, 0.05) is 29.7 Å². The predicted octanol–water partition coefficient (Wildman–Crippen LogP) is 2.96. The molecule has 144 valence electrons. The van der Waals surface area contributed by atoms with Crippen LogP contribution in [0.4, 0.5) is 10.1 Å². The Bertz CT molecular complexity index is 1010. The molecule has 0 unspecified atom stereocenters. The summed E-state index contributed by atoms with van der Waals surface area (Å²) < 4.78 is 18.6. The second kappa shape index (κ2) is 7.82. The van der Waals surface area contributed by atoms with Gasteiger partial charge in [-0.3, -0.25) is 9.59 Å². The van der Waals surface area contributed by atoms with Crippen molar-refractivity contribution >= 4 is 28.4 Å². The largest absolute Gasteiger partial charge is 0.378 e. The summed E-state index contributed by atoms with van der Waals surface area (Å²) >= 11 is 0. The lowest BCUT2D eigenvalue weighted by atomic mass is 10.1. The molecule has 3 aromatic rings. The van der Waals surface area contributed by atoms with Gasteiger partial charge in [0.25, 0.3) is 5.91 Å². The van der Waals surface area contributed by atoms with E-state index in [4.69, 9.17) is 4.74 Å². The van der Waals surface area contributed by atoms with E-state index in [0.29, 0.717) is 55.0 Å². The molecule has 1 aromatic heterocycles. The number of amides is 2. The lowest BCUT2D eigenvalue weighted by molar-refractivity contribution is -0.134. The van der Waals surface area contributed by atoms with Gasteiger partial charge in [-0.15, -0.1) is 0 Å². The Kier molecular flexibility index (Phi) is 5.08. The number of ether oxygens (including phenoxy) is 1. The number of benzene rings is 2. The van der Waals surface area contributed by atoms with Crippen LogP contribution in [0.1, 0.15) is 16.1 Å². The van der Waals surface area contributed by atoms with Crippen LogP contribution in [0.2, 0.25) is 0 Å². The molecular formula is C21H20FN3O3. The molecule has 1 fully saturated rings. The molecule has 1 aliphatic rings. The van der Waals surface area contributed by atoms with E-state index in [9.17, 15) is 14.0 Å². The van der Waals surface area contributed by atoms with Gasteiger partial charge in [-0.1, -0.05) is 12.1 Å². The molecule has 2 amide bonds. The number of hydrogen-bond acceptors (Lipinski definition) is 3. The second-order valence-corrected chi connectivity index (χ2v) is 6.74. The minimum Gasteiger partial charge on any atom is -0.378 e. The van der Waals surface area contributed by atoms with Gasteiger partial charge in [0.1, 0.15) is 11.5 Å². The third-order valence-electron chi connectivity index (χ3n) is 4.76. The SMILES string of the molecule is O=C(Nc1ccc(CC(=O)N2CCOCC2)cc1)c1cc2cc(F)ccc2[nH]1. The summed E-state index contributed by atoms with van der Waals surface area (Å²) in [4.78, 5) is 29.5. The highest BCUT2D eigenvalue weighted by atomic mass is 19.1. The summed E-state index contributed by atoms with van der Waals surface area (Å²) in [6.45, 7) is 2.41. The molecule has 1 aliphatic heterocycles. The first kappa shape index (κ1) is 18.2. The first-order chi connectivity index (χ1) is 13.6. The van der Waals surface area contributed by atoms with Crippen molar-refractivity contribution < 1.29 is 18.7 Å². The number of rotatable bonds is 4. The van der Waals surface area contributed by atoms with Gasteiger partial charge in [-0.25, -0.2) is 4.39 Å². The van der Waals surface area contributed by atoms with E-state index in [1.54, 1.807) is 29.2 Å². The van der Waals surface area contributed by atoms with Crippen molar-refractivity contribution in [2.45, 2.75) is 6.42 Å². The normalized spacial score (nSPS) is 14.2. The Labute approximate surface area is 161 Å². The average molecular weight is 381 g/mol. The number of fused-ring (bicyclic) bond motifs is 1. The van der Waals surface area contributed by atoms with Crippen molar-refractivity contribution in [2.75, 3.05) is 31.6 Å². The van der Waals surface area contributed by atoms with Crippen molar-refractivity contribution in [1.29, 1.82) is 0 Å². The number of carbonyl (C=O) groups excluding carboxylic acids is 2. The van der Waals surface area contributed by atoms with Gasteiger partial charge < -0.3 is 19.9 Å². The summed E-state index contributed by atoms with van der Waals surface area (Å²) in [5.41, 5.74) is 2.56. The fourth-order valence-corrected chi connectivity index (χ4v) is 3.23. The highest BCUT2D eigenvalue weighted by molar-refractivity contribution is 6.05. The number of H-pyrrole nitrogens is 1. The number of carbonyl (C=O) groups is 2. The molecule has 2 aromatic carbocycles. The maximum atomic E-state index is 13.3. The molecule has 0 aliphatic carbocycles. The Hall–Kier alpha value is -3.19. The summed E-state index contributed by atoms with van der Waals surface area (Å²) in [5.74, 6) is -0.584. The molecule has 6 nitrogen and oxygen atoms in total. The molecule has 0 spiro atoms. The van der Waals surface area contributed by atoms with Crippen LogP contribution in [0.3, 0.4) is 0 Å².